The van der Waals surface area contributed by atoms with Crippen LogP contribution in [0, 0.1) is 29.6 Å². The highest BCUT2D eigenvalue weighted by molar-refractivity contribution is 5.87. The van der Waals surface area contributed by atoms with Crippen LogP contribution in [0.4, 0.5) is 0 Å². The number of hydrogen-bond donors (Lipinski definition) is 0. The van der Waals surface area contributed by atoms with Crippen LogP contribution >= 0.6 is 0 Å². The lowest BCUT2D eigenvalue weighted by atomic mass is 9.60. The van der Waals surface area contributed by atoms with Gasteiger partial charge in [-0.3, -0.25) is 0 Å². The summed E-state index contributed by atoms with van der Waals surface area (Å²) < 4.78 is 6.05. The van der Waals surface area contributed by atoms with Crippen molar-refractivity contribution in [3.63, 3.8) is 0 Å². The molecule has 0 saturated heterocycles. The van der Waals surface area contributed by atoms with Gasteiger partial charge >= 0.3 is 5.97 Å². The molecule has 3 fully saturated rings. The molecule has 6 unspecified atom stereocenters. The van der Waals surface area contributed by atoms with E-state index in [0.29, 0.717) is 11.5 Å². The Hall–Kier alpha value is -0.790. The molecule has 0 radical (unpaired) electrons. The van der Waals surface area contributed by atoms with Gasteiger partial charge in [0.1, 0.15) is 5.60 Å². The molecule has 0 aromatic heterocycles. The van der Waals surface area contributed by atoms with Crippen molar-refractivity contribution in [2.24, 2.45) is 29.6 Å². The normalized spacial score (nSPS) is 44.4. The maximum absolute atomic E-state index is 12.1. The molecule has 3 rings (SSSR count). The zero-order chi connectivity index (χ0) is 15.2. The predicted molar refractivity (Wildman–Crippen MR) is 84.8 cm³/mol. The fourth-order valence-corrected chi connectivity index (χ4v) is 5.92. The summed E-state index contributed by atoms with van der Waals surface area (Å²) in [6.45, 7) is 10.1. The molecule has 2 nitrogen and oxygen atoms in total. The standard InChI is InChI=1S/C19H30O2/c1-5-13-8-7-9-15-14-10-16(17(13)15)19(6-2,11-14)21-18(20)12(3)4/h13-17H,3,5-11H2,1-2,4H3. The second-order valence-corrected chi connectivity index (χ2v) is 7.74. The van der Waals surface area contributed by atoms with E-state index in [1.807, 2.05) is 0 Å². The third-order valence-corrected chi connectivity index (χ3v) is 6.83. The summed E-state index contributed by atoms with van der Waals surface area (Å²) >= 11 is 0. The summed E-state index contributed by atoms with van der Waals surface area (Å²) in [6, 6.07) is 0. The molecule has 118 valence electrons. The van der Waals surface area contributed by atoms with Gasteiger partial charge in [-0.2, -0.15) is 0 Å². The summed E-state index contributed by atoms with van der Waals surface area (Å²) in [6.07, 6.45) is 8.86. The Balaban J connectivity index is 1.85. The van der Waals surface area contributed by atoms with E-state index in [2.05, 4.69) is 20.4 Å². The van der Waals surface area contributed by atoms with E-state index in [4.69, 9.17) is 4.74 Å². The van der Waals surface area contributed by atoms with E-state index in [9.17, 15) is 4.79 Å². The Kier molecular flexibility index (Phi) is 3.92. The summed E-state index contributed by atoms with van der Waals surface area (Å²) in [5.41, 5.74) is 0.352. The van der Waals surface area contributed by atoms with Crippen LogP contribution in [0.2, 0.25) is 0 Å². The molecular weight excluding hydrogens is 260 g/mol. The smallest absolute Gasteiger partial charge is 0.333 e. The first-order valence-electron chi connectivity index (χ1n) is 8.91. The van der Waals surface area contributed by atoms with Gasteiger partial charge < -0.3 is 4.74 Å². The average Bonchev–Trinajstić information content (AvgIpc) is 3.03. The first-order chi connectivity index (χ1) is 10.0. The number of fused-ring (bicyclic) bond motifs is 5. The number of hydrogen-bond acceptors (Lipinski definition) is 2. The Labute approximate surface area is 129 Å². The second kappa shape index (κ2) is 5.44. The lowest BCUT2D eigenvalue weighted by molar-refractivity contribution is -0.169. The van der Waals surface area contributed by atoms with Gasteiger partial charge in [0.05, 0.1) is 0 Å². The van der Waals surface area contributed by atoms with Crippen molar-refractivity contribution in [1.82, 2.24) is 0 Å². The van der Waals surface area contributed by atoms with Crippen molar-refractivity contribution in [3.05, 3.63) is 12.2 Å². The van der Waals surface area contributed by atoms with E-state index in [0.717, 1.165) is 36.5 Å². The Morgan fingerprint density at radius 3 is 2.71 bits per heavy atom. The lowest BCUT2D eigenvalue weighted by Gasteiger charge is -2.48. The van der Waals surface area contributed by atoms with Gasteiger partial charge in [0.2, 0.25) is 0 Å². The SMILES string of the molecule is C=C(C)C(=O)OC1(CC)CC2CC1C1C(CC)CCCC21. The van der Waals surface area contributed by atoms with Crippen molar-refractivity contribution in [3.8, 4) is 0 Å². The van der Waals surface area contributed by atoms with Crippen LogP contribution in [0.15, 0.2) is 12.2 Å². The van der Waals surface area contributed by atoms with Crippen LogP contribution in [0.3, 0.4) is 0 Å². The minimum atomic E-state index is -0.188. The first kappa shape index (κ1) is 15.1. The van der Waals surface area contributed by atoms with Crippen molar-refractivity contribution >= 4 is 5.97 Å². The number of carbonyl (C=O) groups excluding carboxylic acids is 1. The Morgan fingerprint density at radius 2 is 2.10 bits per heavy atom. The molecule has 3 aliphatic rings. The minimum Gasteiger partial charge on any atom is -0.455 e. The molecule has 2 heteroatoms. The van der Waals surface area contributed by atoms with Crippen LogP contribution < -0.4 is 0 Å². The first-order valence-corrected chi connectivity index (χ1v) is 8.91. The molecule has 0 amide bonds. The van der Waals surface area contributed by atoms with Crippen molar-refractivity contribution in [2.75, 3.05) is 0 Å². The van der Waals surface area contributed by atoms with E-state index in [-0.39, 0.29) is 11.6 Å². The van der Waals surface area contributed by atoms with Crippen molar-refractivity contribution in [1.29, 1.82) is 0 Å². The van der Waals surface area contributed by atoms with Gasteiger partial charge in [0.15, 0.2) is 0 Å². The fraction of sp³-hybridized carbons (Fsp3) is 0.842. The molecular formula is C19H30O2. The van der Waals surface area contributed by atoms with Gasteiger partial charge in [-0.1, -0.05) is 39.7 Å². The largest absolute Gasteiger partial charge is 0.455 e. The van der Waals surface area contributed by atoms with Gasteiger partial charge in [-0.15, -0.1) is 0 Å². The monoisotopic (exact) mass is 290 g/mol. The van der Waals surface area contributed by atoms with Crippen molar-refractivity contribution < 1.29 is 9.53 Å². The molecule has 3 aliphatic carbocycles. The fourth-order valence-electron chi connectivity index (χ4n) is 5.92. The van der Waals surface area contributed by atoms with Gasteiger partial charge in [-0.05, 0) is 56.3 Å². The quantitative estimate of drug-likeness (QED) is 0.552. The Bertz CT molecular complexity index is 441. The van der Waals surface area contributed by atoms with E-state index >= 15 is 0 Å². The average molecular weight is 290 g/mol. The number of esters is 1. The number of carbonyl (C=O) groups is 1. The molecule has 2 bridgehead atoms. The third kappa shape index (κ3) is 2.26. The molecule has 6 atom stereocenters. The van der Waals surface area contributed by atoms with Crippen LogP contribution in [-0.4, -0.2) is 11.6 Å². The van der Waals surface area contributed by atoms with Gasteiger partial charge in [0, 0.05) is 11.5 Å². The molecule has 0 spiro atoms. The second-order valence-electron chi connectivity index (χ2n) is 7.74. The molecule has 0 aliphatic heterocycles. The van der Waals surface area contributed by atoms with E-state index < -0.39 is 0 Å². The summed E-state index contributed by atoms with van der Waals surface area (Å²) in [5, 5.41) is 0. The number of rotatable bonds is 4. The minimum absolute atomic E-state index is 0.176. The van der Waals surface area contributed by atoms with Crippen LogP contribution in [0.5, 0.6) is 0 Å². The van der Waals surface area contributed by atoms with E-state index in [1.54, 1.807) is 6.92 Å². The maximum Gasteiger partial charge on any atom is 0.333 e. The highest BCUT2D eigenvalue weighted by Crippen LogP contribution is 2.64. The predicted octanol–water partition coefficient (Wildman–Crippen LogP) is 4.74. The topological polar surface area (TPSA) is 26.3 Å². The summed E-state index contributed by atoms with van der Waals surface area (Å²) in [7, 11) is 0. The van der Waals surface area contributed by atoms with Crippen LogP contribution in [0.25, 0.3) is 0 Å². The highest BCUT2D eigenvalue weighted by Gasteiger charge is 2.62. The van der Waals surface area contributed by atoms with Crippen LogP contribution in [-0.2, 0) is 9.53 Å². The van der Waals surface area contributed by atoms with E-state index in [1.165, 1.54) is 32.1 Å². The number of ether oxygens (including phenoxy) is 1. The molecule has 3 saturated carbocycles. The molecule has 0 aromatic carbocycles. The summed E-state index contributed by atoms with van der Waals surface area (Å²) in [4.78, 5) is 12.1. The molecule has 0 heterocycles. The van der Waals surface area contributed by atoms with Gasteiger partial charge in [-0.25, -0.2) is 4.79 Å². The van der Waals surface area contributed by atoms with Crippen LogP contribution in [0.1, 0.15) is 65.7 Å². The molecule has 21 heavy (non-hydrogen) atoms. The Morgan fingerprint density at radius 1 is 1.33 bits per heavy atom. The maximum atomic E-state index is 12.1. The zero-order valence-electron chi connectivity index (χ0n) is 13.9. The molecule has 0 N–H and O–H groups in total. The zero-order valence-corrected chi connectivity index (χ0v) is 13.9. The molecule has 0 aromatic rings. The van der Waals surface area contributed by atoms with Crippen molar-refractivity contribution in [2.45, 2.75) is 71.3 Å². The highest BCUT2D eigenvalue weighted by atomic mass is 16.6. The third-order valence-electron chi connectivity index (χ3n) is 6.83. The lowest BCUT2D eigenvalue weighted by Crippen LogP contribution is -2.49. The van der Waals surface area contributed by atoms with Gasteiger partial charge in [0.25, 0.3) is 0 Å². The summed E-state index contributed by atoms with van der Waals surface area (Å²) in [5.74, 6) is 3.80.